The summed E-state index contributed by atoms with van der Waals surface area (Å²) >= 11 is 12.4. The third kappa shape index (κ3) is 3.63. The number of piperidine rings is 1. The monoisotopic (exact) mass is 300 g/mol. The van der Waals surface area contributed by atoms with Crippen molar-refractivity contribution in [3.63, 3.8) is 0 Å². The van der Waals surface area contributed by atoms with Gasteiger partial charge < -0.3 is 10.2 Å². The Kier molecular flexibility index (Phi) is 5.13. The third-order valence-corrected chi connectivity index (χ3v) is 4.85. The second-order valence-electron chi connectivity index (χ2n) is 5.67. The highest BCUT2D eigenvalue weighted by Crippen LogP contribution is 2.30. The molecule has 1 saturated heterocycles. The average Bonchev–Trinajstić information content (AvgIpc) is 2.36. The van der Waals surface area contributed by atoms with Crippen LogP contribution in [-0.2, 0) is 0 Å². The fourth-order valence-corrected chi connectivity index (χ4v) is 3.34. The summed E-state index contributed by atoms with van der Waals surface area (Å²) < 4.78 is 0. The van der Waals surface area contributed by atoms with Crippen LogP contribution < -0.4 is 5.32 Å². The molecule has 106 valence electrons. The smallest absolute Gasteiger partial charge is 0.0639 e. The molecule has 0 spiro atoms. The molecule has 1 heterocycles. The van der Waals surface area contributed by atoms with Gasteiger partial charge in [0.15, 0.2) is 0 Å². The van der Waals surface area contributed by atoms with E-state index in [2.05, 4.69) is 31.1 Å². The molecule has 3 atom stereocenters. The topological polar surface area (TPSA) is 15.3 Å². The average molecular weight is 301 g/mol. The van der Waals surface area contributed by atoms with E-state index < -0.39 is 0 Å². The Morgan fingerprint density at radius 2 is 2.11 bits per heavy atom. The Hall–Kier alpha value is -0.280. The summed E-state index contributed by atoms with van der Waals surface area (Å²) in [5, 5.41) is 5.00. The first kappa shape index (κ1) is 15.1. The fourth-order valence-electron chi connectivity index (χ4n) is 2.87. The molecular weight excluding hydrogens is 279 g/mol. The predicted octanol–water partition coefficient (Wildman–Crippen LogP) is 3.98. The molecule has 4 heteroatoms. The summed E-state index contributed by atoms with van der Waals surface area (Å²) in [6.45, 7) is 6.76. The predicted molar refractivity (Wildman–Crippen MR) is 83.1 cm³/mol. The van der Waals surface area contributed by atoms with Gasteiger partial charge >= 0.3 is 0 Å². The minimum atomic E-state index is 0.224. The first-order chi connectivity index (χ1) is 8.99. The van der Waals surface area contributed by atoms with E-state index in [0.29, 0.717) is 22.0 Å². The largest absolute Gasteiger partial charge is 0.307 e. The van der Waals surface area contributed by atoms with Gasteiger partial charge in [-0.1, -0.05) is 42.3 Å². The summed E-state index contributed by atoms with van der Waals surface area (Å²) in [7, 11) is 2.18. The van der Waals surface area contributed by atoms with Gasteiger partial charge in [-0.15, -0.1) is 0 Å². The van der Waals surface area contributed by atoms with Crippen LogP contribution in [0.25, 0.3) is 0 Å². The molecule has 0 aromatic heterocycles. The normalized spacial score (nSPS) is 26.4. The second-order valence-corrected chi connectivity index (χ2v) is 6.45. The van der Waals surface area contributed by atoms with Gasteiger partial charge in [0.1, 0.15) is 0 Å². The van der Waals surface area contributed by atoms with Crippen LogP contribution in [0.4, 0.5) is 0 Å². The molecule has 3 unspecified atom stereocenters. The molecular formula is C15H22Cl2N2. The van der Waals surface area contributed by atoms with Gasteiger partial charge in [0.25, 0.3) is 0 Å². The van der Waals surface area contributed by atoms with Gasteiger partial charge in [0.05, 0.1) is 10.0 Å². The Balaban J connectivity index is 2.04. The van der Waals surface area contributed by atoms with Crippen molar-refractivity contribution >= 4 is 23.2 Å². The highest BCUT2D eigenvalue weighted by atomic mass is 35.5. The lowest BCUT2D eigenvalue weighted by atomic mass is 9.93. The Morgan fingerprint density at radius 1 is 1.37 bits per heavy atom. The molecule has 0 bridgehead atoms. The maximum atomic E-state index is 6.29. The molecule has 0 radical (unpaired) electrons. The summed E-state index contributed by atoms with van der Waals surface area (Å²) in [5.74, 6) is 0.652. The minimum Gasteiger partial charge on any atom is -0.307 e. The van der Waals surface area contributed by atoms with Crippen molar-refractivity contribution in [1.82, 2.24) is 10.2 Å². The fraction of sp³-hybridized carbons (Fsp3) is 0.600. The van der Waals surface area contributed by atoms with Crippen molar-refractivity contribution < 1.29 is 0 Å². The molecule has 1 fully saturated rings. The number of likely N-dealkylation sites (tertiary alicyclic amines) is 1. The van der Waals surface area contributed by atoms with Crippen LogP contribution in [0.15, 0.2) is 18.2 Å². The molecule has 1 aliphatic rings. The molecule has 1 aliphatic heterocycles. The van der Waals surface area contributed by atoms with Crippen molar-refractivity contribution in [2.45, 2.75) is 32.4 Å². The maximum Gasteiger partial charge on any atom is 0.0639 e. The molecule has 0 aliphatic carbocycles. The van der Waals surface area contributed by atoms with E-state index >= 15 is 0 Å². The molecule has 1 aromatic rings. The maximum absolute atomic E-state index is 6.29. The van der Waals surface area contributed by atoms with Gasteiger partial charge in [-0.25, -0.2) is 0 Å². The van der Waals surface area contributed by atoms with E-state index in [1.165, 1.54) is 6.42 Å². The van der Waals surface area contributed by atoms with Crippen LogP contribution in [0.1, 0.15) is 31.9 Å². The van der Waals surface area contributed by atoms with Crippen LogP contribution >= 0.6 is 23.2 Å². The van der Waals surface area contributed by atoms with E-state index in [4.69, 9.17) is 23.2 Å². The first-order valence-corrected chi connectivity index (χ1v) is 7.63. The SMILES string of the molecule is CC(NC1CCN(C)CC1C)c1cccc(Cl)c1Cl. The highest BCUT2D eigenvalue weighted by molar-refractivity contribution is 6.42. The van der Waals surface area contributed by atoms with Crippen LogP contribution in [0, 0.1) is 5.92 Å². The number of nitrogens with zero attached hydrogens (tertiary/aromatic N) is 1. The number of hydrogen-bond acceptors (Lipinski definition) is 2. The van der Waals surface area contributed by atoms with Crippen LogP contribution in [0.2, 0.25) is 10.0 Å². The lowest BCUT2D eigenvalue weighted by molar-refractivity contribution is 0.168. The van der Waals surface area contributed by atoms with Crippen LogP contribution in [0.3, 0.4) is 0 Å². The highest BCUT2D eigenvalue weighted by Gasteiger charge is 2.26. The number of rotatable bonds is 3. The standard InChI is InChI=1S/C15H22Cl2N2/c1-10-9-19(3)8-7-14(10)18-11(2)12-5-4-6-13(16)15(12)17/h4-6,10-11,14,18H,7-9H2,1-3H3. The minimum absolute atomic E-state index is 0.224. The third-order valence-electron chi connectivity index (χ3n) is 4.02. The molecule has 2 rings (SSSR count). The first-order valence-electron chi connectivity index (χ1n) is 6.87. The zero-order valence-corrected chi connectivity index (χ0v) is 13.3. The molecule has 0 saturated carbocycles. The summed E-state index contributed by atoms with van der Waals surface area (Å²) in [5.41, 5.74) is 1.08. The van der Waals surface area contributed by atoms with E-state index in [9.17, 15) is 0 Å². The second kappa shape index (κ2) is 6.45. The van der Waals surface area contributed by atoms with Gasteiger partial charge in [-0.3, -0.25) is 0 Å². The van der Waals surface area contributed by atoms with Gasteiger partial charge in [-0.2, -0.15) is 0 Å². The van der Waals surface area contributed by atoms with Crippen molar-refractivity contribution in [1.29, 1.82) is 0 Å². The molecule has 19 heavy (non-hydrogen) atoms. The lowest BCUT2D eigenvalue weighted by Gasteiger charge is -2.37. The summed E-state index contributed by atoms with van der Waals surface area (Å²) in [6, 6.07) is 6.60. The molecule has 2 nitrogen and oxygen atoms in total. The zero-order valence-electron chi connectivity index (χ0n) is 11.8. The van der Waals surface area contributed by atoms with Crippen molar-refractivity contribution in [2.24, 2.45) is 5.92 Å². The number of benzene rings is 1. The molecule has 1 N–H and O–H groups in total. The Labute approximate surface area is 126 Å². The number of halogens is 2. The van der Waals surface area contributed by atoms with Crippen molar-refractivity contribution in [3.8, 4) is 0 Å². The quantitative estimate of drug-likeness (QED) is 0.908. The van der Waals surface area contributed by atoms with E-state index in [0.717, 1.165) is 18.7 Å². The van der Waals surface area contributed by atoms with Crippen molar-refractivity contribution in [3.05, 3.63) is 33.8 Å². The Bertz CT molecular complexity index is 436. The van der Waals surface area contributed by atoms with Gasteiger partial charge in [-0.05, 0) is 44.5 Å². The van der Waals surface area contributed by atoms with E-state index in [1.807, 2.05) is 18.2 Å². The van der Waals surface area contributed by atoms with Crippen LogP contribution in [0.5, 0.6) is 0 Å². The molecule has 0 amide bonds. The van der Waals surface area contributed by atoms with E-state index in [-0.39, 0.29) is 6.04 Å². The van der Waals surface area contributed by atoms with Gasteiger partial charge in [0, 0.05) is 18.6 Å². The molecule has 1 aromatic carbocycles. The number of hydrogen-bond donors (Lipinski definition) is 1. The van der Waals surface area contributed by atoms with E-state index in [1.54, 1.807) is 0 Å². The van der Waals surface area contributed by atoms with Crippen molar-refractivity contribution in [2.75, 3.05) is 20.1 Å². The van der Waals surface area contributed by atoms with Crippen LogP contribution in [-0.4, -0.2) is 31.1 Å². The summed E-state index contributed by atoms with van der Waals surface area (Å²) in [6.07, 6.45) is 1.18. The zero-order chi connectivity index (χ0) is 14.0. The lowest BCUT2D eigenvalue weighted by Crippen LogP contribution is -2.47. The number of nitrogens with one attached hydrogen (secondary N) is 1. The van der Waals surface area contributed by atoms with Gasteiger partial charge in [0.2, 0.25) is 0 Å². The Morgan fingerprint density at radius 3 is 2.79 bits per heavy atom. The summed E-state index contributed by atoms with van der Waals surface area (Å²) in [4.78, 5) is 2.39.